The number of piperazine rings is 1. The molecule has 1 fully saturated rings. The van der Waals surface area contributed by atoms with E-state index in [1.54, 1.807) is 11.3 Å². The first kappa shape index (κ1) is 30.0. The maximum atomic E-state index is 13.1. The summed E-state index contributed by atoms with van der Waals surface area (Å²) < 4.78 is 0. The van der Waals surface area contributed by atoms with E-state index in [2.05, 4.69) is 39.5 Å². The number of carbonyl (C=O) groups excluding carboxylic acids is 2. The minimum Gasteiger partial charge on any atom is -0.481 e. The molecule has 0 aliphatic carbocycles. The van der Waals surface area contributed by atoms with Gasteiger partial charge in [0.1, 0.15) is 0 Å². The standard InChI is InChI=1S/C28H29N5O2S2.C2H4O2/c1-19-26(37-28(29-19)30-20(2)34)24-18-36-25(31-24)16-21-8-10-23(11-9-21)27(35)33-14-12-32(13-15-33)17-22-6-4-3-5-7-22;1-2(3)4/h3-11,18H,12-17H2,1-2H3,(H,29,30,34);1H3,(H,3,4). The van der Waals surface area contributed by atoms with Gasteiger partial charge in [-0.3, -0.25) is 19.3 Å². The van der Waals surface area contributed by atoms with Crippen molar-refractivity contribution in [1.82, 2.24) is 19.8 Å². The third kappa shape index (κ3) is 8.78. The van der Waals surface area contributed by atoms with Gasteiger partial charge < -0.3 is 15.3 Å². The van der Waals surface area contributed by atoms with Crippen LogP contribution in [-0.4, -0.2) is 68.8 Å². The van der Waals surface area contributed by atoms with Crippen LogP contribution in [0.3, 0.4) is 0 Å². The van der Waals surface area contributed by atoms with Crippen LogP contribution in [-0.2, 0) is 22.6 Å². The second-order valence-corrected chi connectivity index (χ2v) is 11.6. The van der Waals surface area contributed by atoms with Gasteiger partial charge in [-0.25, -0.2) is 9.97 Å². The smallest absolute Gasteiger partial charge is 0.300 e. The molecule has 0 bridgehead atoms. The fourth-order valence-electron chi connectivity index (χ4n) is 4.41. The Morgan fingerprint density at radius 1 is 0.927 bits per heavy atom. The first-order valence-corrected chi connectivity index (χ1v) is 14.9. The minimum atomic E-state index is -0.833. The molecular formula is C30H33N5O4S2. The molecule has 4 aromatic rings. The summed E-state index contributed by atoms with van der Waals surface area (Å²) in [6.45, 7) is 8.67. The normalized spacial score (nSPS) is 13.3. The topological polar surface area (TPSA) is 116 Å². The molecule has 0 radical (unpaired) electrons. The Labute approximate surface area is 247 Å². The van der Waals surface area contributed by atoms with Gasteiger partial charge in [0.25, 0.3) is 11.9 Å². The number of carboxylic acid groups (broad SMARTS) is 1. The summed E-state index contributed by atoms with van der Waals surface area (Å²) in [6.07, 6.45) is 0.702. The number of carbonyl (C=O) groups is 3. The SMILES string of the molecule is CC(=O)Nc1nc(C)c(-c2csc(Cc3ccc(C(=O)N4CCN(Cc5ccccc5)CC4)cc3)n2)s1.CC(=O)O. The lowest BCUT2D eigenvalue weighted by atomic mass is 10.1. The van der Waals surface area contributed by atoms with Gasteiger partial charge in [0.2, 0.25) is 5.91 Å². The number of rotatable bonds is 7. The third-order valence-electron chi connectivity index (χ3n) is 6.33. The number of amides is 2. The summed E-state index contributed by atoms with van der Waals surface area (Å²) >= 11 is 3.04. The summed E-state index contributed by atoms with van der Waals surface area (Å²) in [5.74, 6) is -0.871. The molecule has 41 heavy (non-hydrogen) atoms. The molecule has 0 unspecified atom stereocenters. The molecule has 2 amide bonds. The zero-order valence-corrected chi connectivity index (χ0v) is 24.9. The molecule has 3 heterocycles. The van der Waals surface area contributed by atoms with Crippen molar-refractivity contribution in [2.24, 2.45) is 0 Å². The number of thiazole rings is 2. The lowest BCUT2D eigenvalue weighted by Gasteiger charge is -2.34. The molecule has 1 saturated heterocycles. The number of aryl methyl sites for hydroxylation is 1. The molecule has 0 atom stereocenters. The highest BCUT2D eigenvalue weighted by molar-refractivity contribution is 7.19. The number of nitrogens with one attached hydrogen (secondary N) is 1. The van der Waals surface area contributed by atoms with Crippen LogP contribution in [0.15, 0.2) is 60.0 Å². The number of aliphatic carboxylic acids is 1. The maximum absolute atomic E-state index is 13.1. The first-order valence-electron chi connectivity index (χ1n) is 13.2. The van der Waals surface area contributed by atoms with Crippen LogP contribution in [0.25, 0.3) is 10.6 Å². The van der Waals surface area contributed by atoms with Gasteiger partial charge in [-0.15, -0.1) is 11.3 Å². The van der Waals surface area contributed by atoms with E-state index in [1.807, 2.05) is 47.5 Å². The Bertz CT molecular complexity index is 1470. The van der Waals surface area contributed by atoms with Crippen molar-refractivity contribution < 1.29 is 19.5 Å². The predicted octanol–water partition coefficient (Wildman–Crippen LogP) is 5.17. The fourth-order valence-corrected chi connectivity index (χ4v) is 6.27. The van der Waals surface area contributed by atoms with Crippen molar-refractivity contribution in [2.45, 2.75) is 33.7 Å². The molecule has 11 heteroatoms. The van der Waals surface area contributed by atoms with Gasteiger partial charge in [0, 0.05) is 63.9 Å². The molecular weight excluding hydrogens is 558 g/mol. The lowest BCUT2D eigenvalue weighted by molar-refractivity contribution is -0.134. The van der Waals surface area contributed by atoms with Crippen LogP contribution >= 0.6 is 22.7 Å². The molecule has 1 aliphatic rings. The van der Waals surface area contributed by atoms with E-state index in [0.29, 0.717) is 11.6 Å². The molecule has 5 rings (SSSR count). The quantitative estimate of drug-likeness (QED) is 0.305. The number of hydrogen-bond donors (Lipinski definition) is 2. The summed E-state index contributed by atoms with van der Waals surface area (Å²) in [5.41, 5.74) is 4.89. The van der Waals surface area contributed by atoms with Crippen LogP contribution in [0.4, 0.5) is 5.13 Å². The summed E-state index contributed by atoms with van der Waals surface area (Å²) in [4.78, 5) is 47.9. The van der Waals surface area contributed by atoms with Crippen LogP contribution in [0.1, 0.15) is 46.0 Å². The van der Waals surface area contributed by atoms with Crippen LogP contribution < -0.4 is 5.32 Å². The Kier molecular flexibility index (Phi) is 10.3. The molecule has 1 aliphatic heterocycles. The van der Waals surface area contributed by atoms with Crippen LogP contribution in [0, 0.1) is 6.92 Å². The van der Waals surface area contributed by atoms with E-state index in [-0.39, 0.29) is 11.8 Å². The molecule has 214 valence electrons. The van der Waals surface area contributed by atoms with E-state index in [4.69, 9.17) is 14.9 Å². The number of anilines is 1. The monoisotopic (exact) mass is 591 g/mol. The summed E-state index contributed by atoms with van der Waals surface area (Å²) in [5, 5.41) is 13.8. The van der Waals surface area contributed by atoms with Gasteiger partial charge >= 0.3 is 0 Å². The van der Waals surface area contributed by atoms with E-state index < -0.39 is 5.97 Å². The number of aromatic nitrogens is 2. The first-order chi connectivity index (χ1) is 19.7. The fraction of sp³-hybridized carbons (Fsp3) is 0.300. The van der Waals surface area contributed by atoms with E-state index >= 15 is 0 Å². The van der Waals surface area contributed by atoms with Crippen molar-refractivity contribution in [3.8, 4) is 10.6 Å². The minimum absolute atomic E-state index is 0.0955. The second-order valence-electron chi connectivity index (χ2n) is 9.69. The average Bonchev–Trinajstić information content (AvgIpc) is 3.54. The number of nitrogens with zero attached hydrogens (tertiary/aromatic N) is 4. The maximum Gasteiger partial charge on any atom is 0.300 e. The Morgan fingerprint density at radius 3 is 2.22 bits per heavy atom. The van der Waals surface area contributed by atoms with Gasteiger partial charge in [0.15, 0.2) is 5.13 Å². The molecule has 2 N–H and O–H groups in total. The van der Waals surface area contributed by atoms with E-state index in [9.17, 15) is 9.59 Å². The lowest BCUT2D eigenvalue weighted by Crippen LogP contribution is -2.48. The van der Waals surface area contributed by atoms with Gasteiger partial charge in [-0.1, -0.05) is 53.8 Å². The predicted molar refractivity (Wildman–Crippen MR) is 162 cm³/mol. The number of benzene rings is 2. The van der Waals surface area contributed by atoms with Crippen LogP contribution in [0.2, 0.25) is 0 Å². The zero-order chi connectivity index (χ0) is 29.4. The van der Waals surface area contributed by atoms with E-state index in [1.165, 1.54) is 23.8 Å². The summed E-state index contributed by atoms with van der Waals surface area (Å²) in [6, 6.07) is 18.4. The zero-order valence-electron chi connectivity index (χ0n) is 23.3. The highest BCUT2D eigenvalue weighted by atomic mass is 32.1. The van der Waals surface area contributed by atoms with Gasteiger partial charge in [-0.2, -0.15) is 0 Å². The highest BCUT2D eigenvalue weighted by Gasteiger charge is 2.22. The molecule has 0 spiro atoms. The van der Waals surface area contributed by atoms with Gasteiger partial charge in [-0.05, 0) is 30.2 Å². The molecule has 0 saturated carbocycles. The van der Waals surface area contributed by atoms with E-state index in [0.717, 1.165) is 72.0 Å². The second kappa shape index (κ2) is 14.1. The Balaban J connectivity index is 0.000000909. The summed E-state index contributed by atoms with van der Waals surface area (Å²) in [7, 11) is 0. The van der Waals surface area contributed by atoms with Crippen molar-refractivity contribution in [1.29, 1.82) is 0 Å². The van der Waals surface area contributed by atoms with Crippen molar-refractivity contribution in [3.63, 3.8) is 0 Å². The molecule has 2 aromatic heterocycles. The van der Waals surface area contributed by atoms with Crippen LogP contribution in [0.5, 0.6) is 0 Å². The largest absolute Gasteiger partial charge is 0.481 e. The Morgan fingerprint density at radius 2 is 1.59 bits per heavy atom. The number of hydrogen-bond acceptors (Lipinski definition) is 8. The molecule has 9 nitrogen and oxygen atoms in total. The highest BCUT2D eigenvalue weighted by Crippen LogP contribution is 2.33. The molecule has 2 aromatic carbocycles. The average molecular weight is 592 g/mol. The van der Waals surface area contributed by atoms with Crippen molar-refractivity contribution >= 4 is 45.6 Å². The van der Waals surface area contributed by atoms with Gasteiger partial charge in [0.05, 0.1) is 21.3 Å². The third-order valence-corrected chi connectivity index (χ3v) is 8.27. The van der Waals surface area contributed by atoms with Crippen molar-refractivity contribution in [2.75, 3.05) is 31.5 Å². The van der Waals surface area contributed by atoms with Crippen molar-refractivity contribution in [3.05, 3.63) is 87.4 Å². The number of carboxylic acids is 1. The Hall–Kier alpha value is -3.93.